The fourth-order valence-electron chi connectivity index (χ4n) is 1.32. The highest BCUT2D eigenvalue weighted by atomic mass is 32.2. The number of hydrogen-bond acceptors (Lipinski definition) is 3. The van der Waals surface area contributed by atoms with Crippen LogP contribution in [0.15, 0.2) is 30.3 Å². The van der Waals surface area contributed by atoms with Gasteiger partial charge in [-0.2, -0.15) is 0 Å². The molecular weight excluding hydrogens is 266 g/mol. The molecule has 0 bridgehead atoms. The van der Waals surface area contributed by atoms with Crippen molar-refractivity contribution in [1.29, 1.82) is 0 Å². The quantitative estimate of drug-likeness (QED) is 0.656. The fraction of sp³-hybridized carbons (Fsp3) is 0.417. The molecule has 1 aromatic carbocycles. The van der Waals surface area contributed by atoms with Gasteiger partial charge in [0.1, 0.15) is 0 Å². The summed E-state index contributed by atoms with van der Waals surface area (Å²) in [6.07, 6.45) is 0.543. The molecule has 0 spiro atoms. The predicted octanol–water partition coefficient (Wildman–Crippen LogP) is 1.14. The molecule has 0 aliphatic carbocycles. The van der Waals surface area contributed by atoms with Gasteiger partial charge in [0, 0.05) is 18.8 Å². The van der Waals surface area contributed by atoms with Crippen LogP contribution in [0.25, 0.3) is 0 Å². The van der Waals surface area contributed by atoms with Gasteiger partial charge in [-0.3, -0.25) is 0 Å². The number of hydrogen-bond donors (Lipinski definition) is 3. The minimum absolute atomic E-state index is 0.0644. The van der Waals surface area contributed by atoms with Gasteiger partial charge >= 0.3 is 6.03 Å². The summed E-state index contributed by atoms with van der Waals surface area (Å²) < 4.78 is 24.7. The van der Waals surface area contributed by atoms with Gasteiger partial charge in [-0.25, -0.2) is 17.9 Å². The van der Waals surface area contributed by atoms with Crippen LogP contribution in [-0.4, -0.2) is 33.3 Å². The average molecular weight is 285 g/mol. The van der Waals surface area contributed by atoms with E-state index in [0.29, 0.717) is 25.2 Å². The minimum Gasteiger partial charge on any atom is -0.338 e. The minimum atomic E-state index is -3.15. The van der Waals surface area contributed by atoms with Crippen molar-refractivity contribution < 1.29 is 13.2 Å². The van der Waals surface area contributed by atoms with Crippen molar-refractivity contribution in [3.05, 3.63) is 30.3 Å². The SMILES string of the molecule is CCS(=O)(=O)NCCCNC(=O)Nc1ccccc1. The third-order valence-electron chi connectivity index (χ3n) is 2.37. The van der Waals surface area contributed by atoms with E-state index in [0.717, 1.165) is 0 Å². The number of nitrogens with one attached hydrogen (secondary N) is 3. The molecule has 7 heteroatoms. The summed E-state index contributed by atoms with van der Waals surface area (Å²) in [5.74, 6) is 0.0644. The number of para-hydroxylation sites is 1. The lowest BCUT2D eigenvalue weighted by Gasteiger charge is -2.08. The van der Waals surface area contributed by atoms with E-state index in [1.54, 1.807) is 19.1 Å². The smallest absolute Gasteiger partial charge is 0.319 e. The van der Waals surface area contributed by atoms with E-state index in [2.05, 4.69) is 15.4 Å². The molecule has 3 N–H and O–H groups in total. The highest BCUT2D eigenvalue weighted by Crippen LogP contribution is 2.03. The molecule has 6 nitrogen and oxygen atoms in total. The van der Waals surface area contributed by atoms with Gasteiger partial charge < -0.3 is 10.6 Å². The molecule has 0 radical (unpaired) electrons. The molecule has 0 saturated heterocycles. The van der Waals surface area contributed by atoms with Gasteiger partial charge in [0.05, 0.1) is 5.75 Å². The average Bonchev–Trinajstić information content (AvgIpc) is 2.39. The summed E-state index contributed by atoms with van der Waals surface area (Å²) in [6, 6.07) is 8.79. The van der Waals surface area contributed by atoms with Crippen molar-refractivity contribution in [1.82, 2.24) is 10.0 Å². The number of carbonyl (C=O) groups excluding carboxylic acids is 1. The lowest BCUT2D eigenvalue weighted by atomic mass is 10.3. The first-order valence-corrected chi connectivity index (χ1v) is 7.76. The monoisotopic (exact) mass is 285 g/mol. The van der Waals surface area contributed by atoms with E-state index in [1.165, 1.54) is 0 Å². The molecule has 1 rings (SSSR count). The van der Waals surface area contributed by atoms with E-state index in [9.17, 15) is 13.2 Å². The van der Waals surface area contributed by atoms with Crippen molar-refractivity contribution in [2.24, 2.45) is 0 Å². The van der Waals surface area contributed by atoms with E-state index >= 15 is 0 Å². The Labute approximate surface area is 113 Å². The number of amides is 2. The second kappa shape index (κ2) is 7.75. The van der Waals surface area contributed by atoms with Crippen molar-refractivity contribution in [2.45, 2.75) is 13.3 Å². The van der Waals surface area contributed by atoms with Crippen LogP contribution in [0, 0.1) is 0 Å². The van der Waals surface area contributed by atoms with Crippen LogP contribution in [0.1, 0.15) is 13.3 Å². The summed E-state index contributed by atoms with van der Waals surface area (Å²) in [4.78, 5) is 11.5. The molecule has 0 saturated carbocycles. The Balaban J connectivity index is 2.15. The van der Waals surface area contributed by atoms with Gasteiger partial charge in [0.2, 0.25) is 10.0 Å². The molecule has 0 unspecified atom stereocenters. The van der Waals surface area contributed by atoms with E-state index in [1.807, 2.05) is 18.2 Å². The van der Waals surface area contributed by atoms with Gasteiger partial charge in [-0.1, -0.05) is 18.2 Å². The maximum absolute atomic E-state index is 11.5. The Morgan fingerprint density at radius 2 is 1.84 bits per heavy atom. The summed E-state index contributed by atoms with van der Waals surface area (Å²) in [7, 11) is -3.15. The zero-order valence-corrected chi connectivity index (χ0v) is 11.7. The molecule has 0 aliphatic heterocycles. The number of benzene rings is 1. The molecule has 19 heavy (non-hydrogen) atoms. The van der Waals surface area contributed by atoms with Crippen molar-refractivity contribution >= 4 is 21.7 Å². The van der Waals surface area contributed by atoms with Crippen LogP contribution in [0.5, 0.6) is 0 Å². The van der Waals surface area contributed by atoms with Gasteiger partial charge in [-0.05, 0) is 25.5 Å². The summed E-state index contributed by atoms with van der Waals surface area (Å²) in [5, 5.41) is 5.32. The zero-order chi connectivity index (χ0) is 14.1. The number of urea groups is 1. The number of rotatable bonds is 7. The first-order chi connectivity index (χ1) is 9.03. The number of anilines is 1. The van der Waals surface area contributed by atoms with E-state index < -0.39 is 10.0 Å². The predicted molar refractivity (Wildman–Crippen MR) is 75.5 cm³/mol. The van der Waals surface area contributed by atoms with Crippen molar-refractivity contribution in [3.8, 4) is 0 Å². The summed E-state index contributed by atoms with van der Waals surface area (Å²) in [6.45, 7) is 2.31. The standard InChI is InChI=1S/C12H19N3O3S/c1-2-19(17,18)14-10-6-9-13-12(16)15-11-7-4-3-5-8-11/h3-5,7-8,14H,2,6,9-10H2,1H3,(H2,13,15,16). The second-order valence-electron chi connectivity index (χ2n) is 3.90. The maximum atomic E-state index is 11.5. The Kier molecular flexibility index (Phi) is 6.31. The molecule has 1 aromatic rings. The highest BCUT2D eigenvalue weighted by molar-refractivity contribution is 7.89. The third-order valence-corrected chi connectivity index (χ3v) is 3.78. The molecule has 106 valence electrons. The highest BCUT2D eigenvalue weighted by Gasteiger charge is 2.05. The number of sulfonamides is 1. The Morgan fingerprint density at radius 3 is 2.47 bits per heavy atom. The van der Waals surface area contributed by atoms with Gasteiger partial charge in [0.25, 0.3) is 0 Å². The fourth-order valence-corrected chi connectivity index (χ4v) is 1.98. The first-order valence-electron chi connectivity index (χ1n) is 6.11. The van der Waals surface area contributed by atoms with E-state index in [-0.39, 0.29) is 11.8 Å². The molecule has 0 fully saturated rings. The zero-order valence-electron chi connectivity index (χ0n) is 10.8. The largest absolute Gasteiger partial charge is 0.338 e. The Hall–Kier alpha value is -1.60. The normalized spacial score (nSPS) is 11.0. The Morgan fingerprint density at radius 1 is 1.16 bits per heavy atom. The summed E-state index contributed by atoms with van der Waals surface area (Å²) in [5.41, 5.74) is 0.715. The van der Waals surface area contributed by atoms with Gasteiger partial charge in [0.15, 0.2) is 0 Å². The number of carbonyl (C=O) groups is 1. The van der Waals surface area contributed by atoms with Crippen LogP contribution >= 0.6 is 0 Å². The lowest BCUT2D eigenvalue weighted by Crippen LogP contribution is -2.32. The van der Waals surface area contributed by atoms with Crippen molar-refractivity contribution in [3.63, 3.8) is 0 Å². The topological polar surface area (TPSA) is 87.3 Å². The third kappa shape index (κ3) is 6.78. The maximum Gasteiger partial charge on any atom is 0.319 e. The molecule has 2 amide bonds. The van der Waals surface area contributed by atoms with Crippen LogP contribution < -0.4 is 15.4 Å². The lowest BCUT2D eigenvalue weighted by molar-refractivity contribution is 0.252. The van der Waals surface area contributed by atoms with Crippen LogP contribution in [0.3, 0.4) is 0 Å². The summed E-state index contributed by atoms with van der Waals surface area (Å²) >= 11 is 0. The Bertz CT molecular complexity index is 488. The molecule has 0 aliphatic rings. The van der Waals surface area contributed by atoms with Crippen molar-refractivity contribution in [2.75, 3.05) is 24.2 Å². The molecule has 0 heterocycles. The molecule has 0 aromatic heterocycles. The van der Waals surface area contributed by atoms with Crippen LogP contribution in [0.4, 0.5) is 10.5 Å². The molecular formula is C12H19N3O3S. The molecule has 0 atom stereocenters. The first kappa shape index (κ1) is 15.5. The van der Waals surface area contributed by atoms with E-state index in [4.69, 9.17) is 0 Å². The second-order valence-corrected chi connectivity index (χ2v) is 5.99. The van der Waals surface area contributed by atoms with Gasteiger partial charge in [-0.15, -0.1) is 0 Å². The van der Waals surface area contributed by atoms with Crippen LogP contribution in [-0.2, 0) is 10.0 Å². The van der Waals surface area contributed by atoms with Crippen LogP contribution in [0.2, 0.25) is 0 Å².